The molecule has 0 aliphatic heterocycles. The van der Waals surface area contributed by atoms with Crippen molar-refractivity contribution in [2.75, 3.05) is 6.61 Å². The Balaban J connectivity index is 1.82. The van der Waals surface area contributed by atoms with Gasteiger partial charge in [-0.1, -0.05) is 12.1 Å². The molecule has 138 valence electrons. The first-order chi connectivity index (χ1) is 12.3. The summed E-state index contributed by atoms with van der Waals surface area (Å²) in [6, 6.07) is 12.0. The van der Waals surface area contributed by atoms with E-state index in [4.69, 9.17) is 9.47 Å². The molecule has 0 spiro atoms. The summed E-state index contributed by atoms with van der Waals surface area (Å²) in [4.78, 5) is 23.9. The lowest BCUT2D eigenvalue weighted by Gasteiger charge is -2.14. The van der Waals surface area contributed by atoms with Crippen molar-refractivity contribution < 1.29 is 23.5 Å². The van der Waals surface area contributed by atoms with E-state index in [1.807, 2.05) is 13.8 Å². The summed E-state index contributed by atoms with van der Waals surface area (Å²) in [5.74, 6) is -0.714. The van der Waals surface area contributed by atoms with Gasteiger partial charge >= 0.3 is 5.97 Å². The van der Waals surface area contributed by atoms with Crippen LogP contribution in [0, 0.1) is 5.82 Å². The Kier molecular flexibility index (Phi) is 6.72. The molecular formula is C20H22FNO4. The van der Waals surface area contributed by atoms with Gasteiger partial charge in [-0.15, -0.1) is 0 Å². The highest BCUT2D eigenvalue weighted by Gasteiger charge is 2.13. The molecule has 0 aliphatic carbocycles. The number of hydrogen-bond acceptors (Lipinski definition) is 4. The molecular weight excluding hydrogens is 337 g/mol. The van der Waals surface area contributed by atoms with Gasteiger partial charge in [0.2, 0.25) is 0 Å². The summed E-state index contributed by atoms with van der Waals surface area (Å²) in [5.41, 5.74) is 1.09. The lowest BCUT2D eigenvalue weighted by Crippen LogP contribution is -2.31. The molecule has 5 nitrogen and oxygen atoms in total. The highest BCUT2D eigenvalue weighted by atomic mass is 19.1. The van der Waals surface area contributed by atoms with Gasteiger partial charge in [-0.2, -0.15) is 0 Å². The molecule has 0 saturated carbocycles. The topological polar surface area (TPSA) is 64.6 Å². The number of ether oxygens (including phenoxy) is 2. The number of rotatable bonds is 7. The van der Waals surface area contributed by atoms with E-state index in [9.17, 15) is 14.0 Å². The zero-order chi connectivity index (χ0) is 19.1. The Hall–Kier alpha value is -2.89. The number of esters is 1. The number of carbonyl (C=O) groups is 2. The Bertz CT molecular complexity index is 741. The average Bonchev–Trinajstić information content (AvgIpc) is 2.60. The summed E-state index contributed by atoms with van der Waals surface area (Å²) < 4.78 is 23.4. The van der Waals surface area contributed by atoms with Crippen LogP contribution in [0.25, 0.3) is 0 Å². The minimum absolute atomic E-state index is 0.0413. The maximum absolute atomic E-state index is 12.9. The fourth-order valence-corrected chi connectivity index (χ4v) is 2.27. The highest BCUT2D eigenvalue weighted by molar-refractivity contribution is 5.91. The first-order valence-corrected chi connectivity index (χ1v) is 8.34. The minimum atomic E-state index is -0.592. The summed E-state index contributed by atoms with van der Waals surface area (Å²) in [5, 5.41) is 2.69. The smallest absolute Gasteiger partial charge is 0.338 e. The molecule has 1 amide bonds. The molecule has 0 fully saturated rings. The summed E-state index contributed by atoms with van der Waals surface area (Å²) >= 11 is 0. The molecule has 2 rings (SSSR count). The average molecular weight is 359 g/mol. The quantitative estimate of drug-likeness (QED) is 0.767. The molecule has 6 heteroatoms. The van der Waals surface area contributed by atoms with Gasteiger partial charge in [-0.25, -0.2) is 9.18 Å². The van der Waals surface area contributed by atoms with Gasteiger partial charge in [0.15, 0.2) is 6.61 Å². The highest BCUT2D eigenvalue weighted by Crippen LogP contribution is 2.15. The third-order valence-electron chi connectivity index (χ3n) is 3.54. The number of nitrogens with one attached hydrogen (secondary N) is 1. The van der Waals surface area contributed by atoms with E-state index in [2.05, 4.69) is 5.32 Å². The lowest BCUT2D eigenvalue weighted by molar-refractivity contribution is -0.124. The van der Waals surface area contributed by atoms with Gasteiger partial charge in [-0.05, 0) is 62.7 Å². The minimum Gasteiger partial charge on any atom is -0.491 e. The molecule has 26 heavy (non-hydrogen) atoms. The largest absolute Gasteiger partial charge is 0.491 e. The SMILES string of the molecule is CC(C)Oc1ccc(C(=O)OCC(=O)N[C@@H](C)c2ccc(F)cc2)cc1. The van der Waals surface area contributed by atoms with Crippen LogP contribution in [0.3, 0.4) is 0 Å². The monoisotopic (exact) mass is 359 g/mol. The van der Waals surface area contributed by atoms with Crippen LogP contribution in [0.2, 0.25) is 0 Å². The van der Waals surface area contributed by atoms with Crippen LogP contribution in [-0.4, -0.2) is 24.6 Å². The zero-order valence-corrected chi connectivity index (χ0v) is 15.0. The molecule has 2 aromatic rings. The van der Waals surface area contributed by atoms with Crippen molar-refractivity contribution in [1.82, 2.24) is 5.32 Å². The Morgan fingerprint density at radius 1 is 1.00 bits per heavy atom. The molecule has 1 N–H and O–H groups in total. The van der Waals surface area contributed by atoms with Gasteiger partial charge in [0.25, 0.3) is 5.91 Å². The zero-order valence-electron chi connectivity index (χ0n) is 15.0. The van der Waals surface area contributed by atoms with Crippen LogP contribution in [0.5, 0.6) is 5.75 Å². The molecule has 0 bridgehead atoms. The second kappa shape index (κ2) is 8.99. The maximum Gasteiger partial charge on any atom is 0.338 e. The van der Waals surface area contributed by atoms with E-state index in [0.717, 1.165) is 5.56 Å². The van der Waals surface area contributed by atoms with Gasteiger partial charge in [-0.3, -0.25) is 4.79 Å². The number of hydrogen-bond donors (Lipinski definition) is 1. The molecule has 1 atom stereocenters. The first-order valence-electron chi connectivity index (χ1n) is 8.34. The Morgan fingerprint density at radius 3 is 2.19 bits per heavy atom. The van der Waals surface area contributed by atoms with Crippen LogP contribution >= 0.6 is 0 Å². The number of benzene rings is 2. The molecule has 0 unspecified atom stereocenters. The number of carbonyl (C=O) groups excluding carboxylic acids is 2. The third-order valence-corrected chi connectivity index (χ3v) is 3.54. The lowest BCUT2D eigenvalue weighted by atomic mass is 10.1. The van der Waals surface area contributed by atoms with Crippen LogP contribution in [0.4, 0.5) is 4.39 Å². The Labute approximate surface area is 152 Å². The summed E-state index contributed by atoms with van der Waals surface area (Å²) in [6.45, 7) is 5.19. The van der Waals surface area contributed by atoms with Crippen LogP contribution in [0.1, 0.15) is 42.7 Å². The predicted molar refractivity (Wildman–Crippen MR) is 95.4 cm³/mol. The van der Waals surface area contributed by atoms with Crippen molar-refractivity contribution in [3.05, 3.63) is 65.5 Å². The fraction of sp³-hybridized carbons (Fsp3) is 0.300. The van der Waals surface area contributed by atoms with E-state index >= 15 is 0 Å². The van der Waals surface area contributed by atoms with Gasteiger partial charge < -0.3 is 14.8 Å². The molecule has 0 radical (unpaired) electrons. The second-order valence-corrected chi connectivity index (χ2v) is 6.11. The van der Waals surface area contributed by atoms with Gasteiger partial charge in [0, 0.05) is 0 Å². The fourth-order valence-electron chi connectivity index (χ4n) is 2.27. The number of amides is 1. The van der Waals surface area contributed by atoms with E-state index in [-0.39, 0.29) is 18.0 Å². The maximum atomic E-state index is 12.9. The molecule has 0 aliphatic rings. The summed E-state index contributed by atoms with van der Waals surface area (Å²) in [6.07, 6.45) is 0.0413. The number of halogens is 1. The van der Waals surface area contributed by atoms with E-state index < -0.39 is 18.5 Å². The van der Waals surface area contributed by atoms with Crippen LogP contribution < -0.4 is 10.1 Å². The second-order valence-electron chi connectivity index (χ2n) is 6.11. The van der Waals surface area contributed by atoms with E-state index in [0.29, 0.717) is 11.3 Å². The van der Waals surface area contributed by atoms with Crippen molar-refractivity contribution in [2.45, 2.75) is 32.9 Å². The van der Waals surface area contributed by atoms with E-state index in [1.54, 1.807) is 43.3 Å². The van der Waals surface area contributed by atoms with E-state index in [1.165, 1.54) is 12.1 Å². The van der Waals surface area contributed by atoms with Crippen molar-refractivity contribution in [2.24, 2.45) is 0 Å². The van der Waals surface area contributed by atoms with Gasteiger partial charge in [0.05, 0.1) is 17.7 Å². The van der Waals surface area contributed by atoms with Crippen LogP contribution in [-0.2, 0) is 9.53 Å². The summed E-state index contributed by atoms with van der Waals surface area (Å²) in [7, 11) is 0. The molecule has 0 heterocycles. The van der Waals surface area contributed by atoms with Crippen molar-refractivity contribution in [1.29, 1.82) is 0 Å². The third kappa shape index (κ3) is 5.88. The van der Waals surface area contributed by atoms with Crippen molar-refractivity contribution in [3.8, 4) is 5.75 Å². The molecule has 0 saturated heterocycles. The standard InChI is InChI=1S/C20H22FNO4/c1-13(2)26-18-10-6-16(7-11-18)20(24)25-12-19(23)22-14(3)15-4-8-17(21)9-5-15/h4-11,13-14H,12H2,1-3H3,(H,22,23)/t14-/m0/s1. The Morgan fingerprint density at radius 2 is 1.62 bits per heavy atom. The molecule has 2 aromatic carbocycles. The predicted octanol–water partition coefficient (Wildman–Crippen LogP) is 3.65. The normalized spacial score (nSPS) is 11.7. The van der Waals surface area contributed by atoms with Crippen LogP contribution in [0.15, 0.2) is 48.5 Å². The van der Waals surface area contributed by atoms with Gasteiger partial charge in [0.1, 0.15) is 11.6 Å². The van der Waals surface area contributed by atoms with Crippen molar-refractivity contribution >= 4 is 11.9 Å². The molecule has 0 aromatic heterocycles. The van der Waals surface area contributed by atoms with Crippen molar-refractivity contribution in [3.63, 3.8) is 0 Å². The first kappa shape index (κ1) is 19.4.